The minimum Gasteiger partial charge on any atom is -0.336 e. The molecule has 1 nitrogen and oxygen atoms in total. The lowest BCUT2D eigenvalue weighted by atomic mass is 9.82. The highest BCUT2D eigenvalue weighted by molar-refractivity contribution is 5.84. The van der Waals surface area contributed by atoms with E-state index in [1.807, 2.05) is 0 Å². The summed E-state index contributed by atoms with van der Waals surface area (Å²) in [7, 11) is 0. The fraction of sp³-hybridized carbons (Fsp3) is 0.226. The smallest absolute Gasteiger partial charge is 0.0422 e. The van der Waals surface area contributed by atoms with Gasteiger partial charge in [0.15, 0.2) is 0 Å². The standard InChI is InChI=1S/C31H31N/c1-30(2,3)32(24-17-15-23(16-18-24)22-11-7-6-8-12-22)25-19-20-29-27(21-25)26-13-9-10-14-28(26)31(29,4)5/h6-21H,1-5H3. The molecular weight excluding hydrogens is 386 g/mol. The van der Waals surface area contributed by atoms with Crippen molar-refractivity contribution in [2.45, 2.75) is 45.6 Å². The summed E-state index contributed by atoms with van der Waals surface area (Å²) in [6, 6.07) is 35.4. The minimum absolute atomic E-state index is 0.0361. The SMILES string of the molecule is CC1(C)c2ccccc2-c2cc(N(c3ccc(-c4ccccc4)cc3)C(C)(C)C)ccc21. The lowest BCUT2D eigenvalue weighted by Crippen LogP contribution is -2.37. The van der Waals surface area contributed by atoms with Crippen LogP contribution in [0.15, 0.2) is 97.1 Å². The number of benzene rings is 4. The van der Waals surface area contributed by atoms with Crippen LogP contribution in [0.25, 0.3) is 22.3 Å². The van der Waals surface area contributed by atoms with Gasteiger partial charge in [0, 0.05) is 22.3 Å². The van der Waals surface area contributed by atoms with E-state index < -0.39 is 0 Å². The number of hydrogen-bond acceptors (Lipinski definition) is 1. The van der Waals surface area contributed by atoms with E-state index in [0.717, 1.165) is 0 Å². The molecule has 32 heavy (non-hydrogen) atoms. The minimum atomic E-state index is -0.0594. The molecule has 0 unspecified atom stereocenters. The van der Waals surface area contributed by atoms with Gasteiger partial charge >= 0.3 is 0 Å². The Morgan fingerprint density at radius 2 is 1.12 bits per heavy atom. The summed E-state index contributed by atoms with van der Waals surface area (Å²) in [5.74, 6) is 0. The first-order valence-corrected chi connectivity index (χ1v) is 11.5. The molecule has 4 aromatic rings. The van der Waals surface area contributed by atoms with E-state index in [2.05, 4.69) is 137 Å². The van der Waals surface area contributed by atoms with E-state index in [0.29, 0.717) is 0 Å². The van der Waals surface area contributed by atoms with Crippen LogP contribution in [0.4, 0.5) is 11.4 Å². The number of fused-ring (bicyclic) bond motifs is 3. The molecule has 0 aromatic heterocycles. The molecule has 0 saturated heterocycles. The third-order valence-electron chi connectivity index (χ3n) is 6.73. The van der Waals surface area contributed by atoms with Crippen LogP contribution in [0.5, 0.6) is 0 Å². The summed E-state index contributed by atoms with van der Waals surface area (Å²) in [6.07, 6.45) is 0. The van der Waals surface area contributed by atoms with Crippen LogP contribution in [0, 0.1) is 0 Å². The van der Waals surface area contributed by atoms with Gasteiger partial charge < -0.3 is 4.90 Å². The third-order valence-corrected chi connectivity index (χ3v) is 6.73. The Labute approximate surface area is 192 Å². The van der Waals surface area contributed by atoms with E-state index in [1.54, 1.807) is 0 Å². The number of hydrogen-bond donors (Lipinski definition) is 0. The van der Waals surface area contributed by atoms with Crippen molar-refractivity contribution in [3.8, 4) is 22.3 Å². The van der Waals surface area contributed by atoms with Gasteiger partial charge in [-0.25, -0.2) is 0 Å². The molecule has 1 aliphatic rings. The van der Waals surface area contributed by atoms with E-state index in [9.17, 15) is 0 Å². The van der Waals surface area contributed by atoms with E-state index in [-0.39, 0.29) is 11.0 Å². The Bertz CT molecular complexity index is 1260. The highest BCUT2D eigenvalue weighted by Crippen LogP contribution is 2.50. The lowest BCUT2D eigenvalue weighted by Gasteiger charge is -2.38. The number of anilines is 2. The van der Waals surface area contributed by atoms with Gasteiger partial charge in [-0.15, -0.1) is 0 Å². The molecule has 0 N–H and O–H groups in total. The second-order valence-electron chi connectivity index (χ2n) is 10.3. The Balaban J connectivity index is 1.60. The molecule has 0 heterocycles. The van der Waals surface area contributed by atoms with Gasteiger partial charge in [0.05, 0.1) is 0 Å². The zero-order valence-electron chi connectivity index (χ0n) is 19.7. The predicted octanol–water partition coefficient (Wildman–Crippen LogP) is 8.60. The van der Waals surface area contributed by atoms with E-state index in [4.69, 9.17) is 0 Å². The monoisotopic (exact) mass is 417 g/mol. The molecule has 1 aliphatic carbocycles. The Morgan fingerprint density at radius 1 is 0.562 bits per heavy atom. The summed E-state index contributed by atoms with van der Waals surface area (Å²) in [4.78, 5) is 2.45. The molecule has 0 radical (unpaired) electrons. The number of rotatable bonds is 3. The van der Waals surface area contributed by atoms with Crippen LogP contribution in [0.2, 0.25) is 0 Å². The van der Waals surface area contributed by atoms with Gasteiger partial charge in [-0.1, -0.05) is 86.6 Å². The van der Waals surface area contributed by atoms with E-state index >= 15 is 0 Å². The molecule has 4 aromatic carbocycles. The maximum Gasteiger partial charge on any atom is 0.0422 e. The fourth-order valence-corrected chi connectivity index (χ4v) is 5.20. The van der Waals surface area contributed by atoms with Crippen LogP contribution < -0.4 is 4.90 Å². The van der Waals surface area contributed by atoms with Crippen molar-refractivity contribution in [2.75, 3.05) is 4.90 Å². The van der Waals surface area contributed by atoms with E-state index in [1.165, 1.54) is 44.8 Å². The topological polar surface area (TPSA) is 3.24 Å². The van der Waals surface area contributed by atoms with Crippen molar-refractivity contribution < 1.29 is 0 Å². The van der Waals surface area contributed by atoms with Crippen LogP contribution in [-0.2, 0) is 5.41 Å². The summed E-state index contributed by atoms with van der Waals surface area (Å²) >= 11 is 0. The second-order valence-corrected chi connectivity index (χ2v) is 10.3. The zero-order chi connectivity index (χ0) is 22.5. The summed E-state index contributed by atoms with van der Waals surface area (Å²) in [5, 5.41) is 0. The van der Waals surface area contributed by atoms with Gasteiger partial charge in [-0.05, 0) is 78.4 Å². The molecule has 0 atom stereocenters. The third kappa shape index (κ3) is 3.33. The first kappa shape index (κ1) is 20.6. The quantitative estimate of drug-likeness (QED) is 0.322. The maximum absolute atomic E-state index is 2.45. The van der Waals surface area contributed by atoms with Gasteiger partial charge in [0.2, 0.25) is 0 Å². The second kappa shape index (κ2) is 7.38. The Hall–Kier alpha value is -3.32. The molecule has 0 bridgehead atoms. The fourth-order valence-electron chi connectivity index (χ4n) is 5.20. The zero-order valence-corrected chi connectivity index (χ0v) is 19.7. The molecule has 0 saturated carbocycles. The lowest BCUT2D eigenvalue weighted by molar-refractivity contribution is 0.560. The molecule has 160 valence electrons. The first-order valence-electron chi connectivity index (χ1n) is 11.5. The maximum atomic E-state index is 2.45. The van der Waals surface area contributed by atoms with Crippen molar-refractivity contribution in [1.82, 2.24) is 0 Å². The van der Waals surface area contributed by atoms with Gasteiger partial charge in [0.1, 0.15) is 0 Å². The van der Waals surface area contributed by atoms with Crippen LogP contribution >= 0.6 is 0 Å². The molecule has 0 aliphatic heterocycles. The Kier molecular flexibility index (Phi) is 4.74. The molecule has 1 heteroatoms. The van der Waals surface area contributed by atoms with Gasteiger partial charge in [-0.3, -0.25) is 0 Å². The molecule has 0 amide bonds. The van der Waals surface area contributed by atoms with Crippen LogP contribution in [-0.4, -0.2) is 5.54 Å². The molecule has 0 fully saturated rings. The normalized spacial score (nSPS) is 14.0. The largest absolute Gasteiger partial charge is 0.336 e. The average Bonchev–Trinajstić information content (AvgIpc) is 3.01. The highest BCUT2D eigenvalue weighted by Gasteiger charge is 2.36. The average molecular weight is 418 g/mol. The van der Waals surface area contributed by atoms with Crippen molar-refractivity contribution >= 4 is 11.4 Å². The number of nitrogens with zero attached hydrogens (tertiary/aromatic N) is 1. The summed E-state index contributed by atoms with van der Waals surface area (Å²) < 4.78 is 0. The van der Waals surface area contributed by atoms with Crippen molar-refractivity contribution in [3.05, 3.63) is 108 Å². The molecule has 5 rings (SSSR count). The summed E-state index contributed by atoms with van der Waals surface area (Å²) in [6.45, 7) is 11.5. The van der Waals surface area contributed by atoms with Crippen molar-refractivity contribution in [3.63, 3.8) is 0 Å². The highest BCUT2D eigenvalue weighted by atomic mass is 15.2. The predicted molar refractivity (Wildman–Crippen MR) is 138 cm³/mol. The van der Waals surface area contributed by atoms with Crippen molar-refractivity contribution in [2.24, 2.45) is 0 Å². The summed E-state index contributed by atoms with van der Waals surface area (Å²) in [5.41, 5.74) is 10.5. The van der Waals surface area contributed by atoms with Gasteiger partial charge in [0.25, 0.3) is 0 Å². The first-order chi connectivity index (χ1) is 15.3. The van der Waals surface area contributed by atoms with Crippen LogP contribution in [0.1, 0.15) is 45.7 Å². The molecule has 0 spiro atoms. The van der Waals surface area contributed by atoms with Gasteiger partial charge in [-0.2, -0.15) is 0 Å². The van der Waals surface area contributed by atoms with Crippen molar-refractivity contribution in [1.29, 1.82) is 0 Å². The Morgan fingerprint density at radius 3 is 1.81 bits per heavy atom. The van der Waals surface area contributed by atoms with Crippen LogP contribution in [0.3, 0.4) is 0 Å². The molecular formula is C31H31N.